The van der Waals surface area contributed by atoms with Gasteiger partial charge in [0.15, 0.2) is 0 Å². The van der Waals surface area contributed by atoms with E-state index in [1.54, 1.807) is 36.4 Å². The van der Waals surface area contributed by atoms with Gasteiger partial charge in [-0.15, -0.1) is 0 Å². The highest BCUT2D eigenvalue weighted by Crippen LogP contribution is 2.18. The largest absolute Gasteiger partial charge is 0.392 e. The number of hydrogen-bond donors (Lipinski definition) is 3. The van der Waals surface area contributed by atoms with Crippen LogP contribution in [0.5, 0.6) is 0 Å². The number of pyridine rings is 1. The first-order chi connectivity index (χ1) is 11.1. The Balaban J connectivity index is 1.96. The van der Waals surface area contributed by atoms with Gasteiger partial charge in [-0.3, -0.25) is 9.59 Å². The molecule has 0 aliphatic heterocycles. The first kappa shape index (κ1) is 15.0. The number of carbonyl (C=O) groups is 1. The van der Waals surface area contributed by atoms with Crippen LogP contribution in [0.25, 0.3) is 10.8 Å². The lowest BCUT2D eigenvalue weighted by Gasteiger charge is -2.10. The molecule has 0 atom stereocenters. The van der Waals surface area contributed by atoms with Crippen molar-refractivity contribution < 1.29 is 9.90 Å². The van der Waals surface area contributed by atoms with Crippen molar-refractivity contribution >= 4 is 22.4 Å². The maximum absolute atomic E-state index is 12.4. The summed E-state index contributed by atoms with van der Waals surface area (Å²) >= 11 is 0. The van der Waals surface area contributed by atoms with E-state index in [1.165, 1.54) is 0 Å². The molecule has 5 nitrogen and oxygen atoms in total. The van der Waals surface area contributed by atoms with Crippen molar-refractivity contribution in [2.24, 2.45) is 0 Å². The van der Waals surface area contributed by atoms with Gasteiger partial charge in [0.05, 0.1) is 6.61 Å². The van der Waals surface area contributed by atoms with Gasteiger partial charge in [-0.25, -0.2) is 0 Å². The Morgan fingerprint density at radius 3 is 2.74 bits per heavy atom. The number of aromatic nitrogens is 1. The van der Waals surface area contributed by atoms with E-state index in [1.807, 2.05) is 19.1 Å². The quantitative estimate of drug-likeness (QED) is 0.695. The van der Waals surface area contributed by atoms with E-state index in [0.29, 0.717) is 22.0 Å². The first-order valence-electron chi connectivity index (χ1n) is 7.22. The third-order valence-electron chi connectivity index (χ3n) is 3.73. The van der Waals surface area contributed by atoms with Gasteiger partial charge in [0.2, 0.25) is 0 Å². The number of carbonyl (C=O) groups excluding carboxylic acids is 1. The van der Waals surface area contributed by atoms with Crippen LogP contribution in [0.2, 0.25) is 0 Å². The minimum Gasteiger partial charge on any atom is -0.392 e. The molecule has 0 bridgehead atoms. The van der Waals surface area contributed by atoms with Gasteiger partial charge in [-0.05, 0) is 41.6 Å². The number of fused-ring (bicyclic) bond motifs is 1. The predicted molar refractivity (Wildman–Crippen MR) is 89.6 cm³/mol. The summed E-state index contributed by atoms with van der Waals surface area (Å²) in [6.45, 7) is 1.76. The molecular weight excluding hydrogens is 292 g/mol. The highest BCUT2D eigenvalue weighted by atomic mass is 16.3. The summed E-state index contributed by atoms with van der Waals surface area (Å²) in [6.07, 6.45) is 0. The Hall–Kier alpha value is -2.92. The zero-order chi connectivity index (χ0) is 16.4. The maximum atomic E-state index is 12.4. The topological polar surface area (TPSA) is 82.2 Å². The number of rotatable bonds is 3. The maximum Gasteiger partial charge on any atom is 0.272 e. The highest BCUT2D eigenvalue weighted by Gasteiger charge is 2.11. The first-order valence-corrected chi connectivity index (χ1v) is 7.22. The van der Waals surface area contributed by atoms with E-state index < -0.39 is 5.91 Å². The van der Waals surface area contributed by atoms with E-state index in [9.17, 15) is 14.7 Å². The molecule has 2 aromatic carbocycles. The van der Waals surface area contributed by atoms with E-state index in [2.05, 4.69) is 10.3 Å². The second-order valence-electron chi connectivity index (χ2n) is 5.36. The molecule has 1 aromatic heterocycles. The molecule has 5 heteroatoms. The number of aryl methyl sites for hydroxylation is 1. The summed E-state index contributed by atoms with van der Waals surface area (Å²) in [6, 6.07) is 14.1. The van der Waals surface area contributed by atoms with Crippen molar-refractivity contribution in [3.8, 4) is 0 Å². The Morgan fingerprint density at radius 2 is 1.96 bits per heavy atom. The molecule has 23 heavy (non-hydrogen) atoms. The minimum atomic E-state index is -0.397. The van der Waals surface area contributed by atoms with Crippen LogP contribution in [0, 0.1) is 6.92 Å². The molecule has 116 valence electrons. The molecule has 3 rings (SSSR count). The number of aliphatic hydroxyl groups excluding tert-OH is 1. The van der Waals surface area contributed by atoms with Gasteiger partial charge in [0.25, 0.3) is 11.5 Å². The second kappa shape index (κ2) is 6.06. The lowest BCUT2D eigenvalue weighted by atomic mass is 10.1. The number of aliphatic hydroxyl groups is 1. The van der Waals surface area contributed by atoms with Crippen LogP contribution in [0.1, 0.15) is 21.6 Å². The number of anilines is 1. The lowest BCUT2D eigenvalue weighted by molar-refractivity contribution is 0.102. The monoisotopic (exact) mass is 308 g/mol. The summed E-state index contributed by atoms with van der Waals surface area (Å²) in [4.78, 5) is 27.1. The number of aromatic amines is 1. The third-order valence-corrected chi connectivity index (χ3v) is 3.73. The average molecular weight is 308 g/mol. The van der Waals surface area contributed by atoms with Crippen LogP contribution in [-0.2, 0) is 6.61 Å². The molecule has 0 saturated heterocycles. The van der Waals surface area contributed by atoms with Gasteiger partial charge in [0.1, 0.15) is 5.69 Å². The van der Waals surface area contributed by atoms with Crippen LogP contribution in [0.15, 0.2) is 53.3 Å². The summed E-state index contributed by atoms with van der Waals surface area (Å²) < 4.78 is 0. The SMILES string of the molecule is Cc1ccc(CO)cc1NC(=O)c1cc2ccccc2c(=O)[nH]1. The van der Waals surface area contributed by atoms with Crippen molar-refractivity contribution in [3.05, 3.63) is 75.7 Å². The molecule has 1 heterocycles. The Bertz CT molecular complexity index is 944. The van der Waals surface area contributed by atoms with Crippen LogP contribution in [0.3, 0.4) is 0 Å². The van der Waals surface area contributed by atoms with Crippen molar-refractivity contribution in [1.82, 2.24) is 4.98 Å². The number of amides is 1. The van der Waals surface area contributed by atoms with E-state index >= 15 is 0 Å². The Kier molecular flexibility index (Phi) is 3.95. The fourth-order valence-electron chi connectivity index (χ4n) is 2.43. The molecule has 0 saturated carbocycles. The third kappa shape index (κ3) is 3.00. The molecule has 0 aliphatic carbocycles. The van der Waals surface area contributed by atoms with Crippen LogP contribution >= 0.6 is 0 Å². The number of hydrogen-bond acceptors (Lipinski definition) is 3. The van der Waals surface area contributed by atoms with Crippen molar-refractivity contribution in [2.45, 2.75) is 13.5 Å². The number of H-pyrrole nitrogens is 1. The number of benzene rings is 2. The number of nitrogens with one attached hydrogen (secondary N) is 2. The van der Waals surface area contributed by atoms with Crippen molar-refractivity contribution in [3.63, 3.8) is 0 Å². The molecule has 3 N–H and O–H groups in total. The molecule has 0 radical (unpaired) electrons. The van der Waals surface area contributed by atoms with Gasteiger partial charge in [-0.1, -0.05) is 30.3 Å². The summed E-state index contributed by atoms with van der Waals surface area (Å²) in [5.74, 6) is -0.397. The summed E-state index contributed by atoms with van der Waals surface area (Å²) in [5, 5.41) is 13.2. The smallest absolute Gasteiger partial charge is 0.272 e. The molecule has 0 unspecified atom stereocenters. The molecule has 1 amide bonds. The molecule has 3 aromatic rings. The average Bonchev–Trinajstić information content (AvgIpc) is 2.56. The van der Waals surface area contributed by atoms with Crippen molar-refractivity contribution in [1.29, 1.82) is 0 Å². The molecule has 0 fully saturated rings. The van der Waals surface area contributed by atoms with Gasteiger partial charge < -0.3 is 15.4 Å². The second-order valence-corrected chi connectivity index (χ2v) is 5.36. The molecular formula is C18H16N2O3. The Labute approximate surface area is 132 Å². The van der Waals surface area contributed by atoms with Crippen LogP contribution < -0.4 is 10.9 Å². The minimum absolute atomic E-state index is 0.101. The van der Waals surface area contributed by atoms with Crippen molar-refractivity contribution in [2.75, 3.05) is 5.32 Å². The normalized spacial score (nSPS) is 10.7. The molecule has 0 aliphatic rings. The lowest BCUT2D eigenvalue weighted by Crippen LogP contribution is -2.19. The van der Waals surface area contributed by atoms with Gasteiger partial charge in [0, 0.05) is 11.1 Å². The zero-order valence-corrected chi connectivity index (χ0v) is 12.6. The Morgan fingerprint density at radius 1 is 1.17 bits per heavy atom. The van der Waals surface area contributed by atoms with Crippen LogP contribution in [-0.4, -0.2) is 16.0 Å². The summed E-state index contributed by atoms with van der Waals surface area (Å²) in [5.41, 5.74) is 2.09. The van der Waals surface area contributed by atoms with E-state index in [-0.39, 0.29) is 17.9 Å². The van der Waals surface area contributed by atoms with Gasteiger partial charge in [-0.2, -0.15) is 0 Å². The predicted octanol–water partition coefficient (Wildman–Crippen LogP) is 2.58. The summed E-state index contributed by atoms with van der Waals surface area (Å²) in [7, 11) is 0. The van der Waals surface area contributed by atoms with Gasteiger partial charge >= 0.3 is 0 Å². The fourth-order valence-corrected chi connectivity index (χ4v) is 2.43. The van der Waals surface area contributed by atoms with E-state index in [4.69, 9.17) is 0 Å². The standard InChI is InChI=1S/C18H16N2O3/c1-11-6-7-12(10-21)8-15(11)19-18(23)16-9-13-4-2-3-5-14(13)17(22)20-16/h2-9,21H,10H2,1H3,(H,19,23)(H,20,22). The van der Waals surface area contributed by atoms with Crippen LogP contribution in [0.4, 0.5) is 5.69 Å². The van der Waals surface area contributed by atoms with E-state index in [0.717, 1.165) is 5.56 Å². The fraction of sp³-hybridized carbons (Fsp3) is 0.111. The molecule has 0 spiro atoms. The zero-order valence-electron chi connectivity index (χ0n) is 12.6. The highest BCUT2D eigenvalue weighted by molar-refractivity contribution is 6.05.